The number of rotatable bonds is 6. The van der Waals surface area contributed by atoms with E-state index in [1.807, 2.05) is 6.07 Å². The van der Waals surface area contributed by atoms with Crippen molar-refractivity contribution in [2.24, 2.45) is 0 Å². The predicted octanol–water partition coefficient (Wildman–Crippen LogP) is 2.75. The maximum absolute atomic E-state index is 13.5. The van der Waals surface area contributed by atoms with Crippen LogP contribution in [0.3, 0.4) is 0 Å². The summed E-state index contributed by atoms with van der Waals surface area (Å²) in [6.45, 7) is 9.34. The van der Waals surface area contributed by atoms with Crippen molar-refractivity contribution in [2.45, 2.75) is 25.7 Å². The molecule has 23 heavy (non-hydrogen) atoms. The standard InChI is InChI=1S/C16H22FN5S/c1-3-20(4-2)8-9-21-11-22-15(18-19-16(22)23-12-21)13-6-5-7-14(17)10-13/h5-7,10H,3-4,8-9,11-12H2,1-2H3. The fraction of sp³-hybridized carbons (Fsp3) is 0.500. The van der Waals surface area contributed by atoms with Gasteiger partial charge in [-0.1, -0.05) is 37.7 Å². The van der Waals surface area contributed by atoms with Crippen molar-refractivity contribution < 1.29 is 4.39 Å². The molecule has 1 aromatic heterocycles. The van der Waals surface area contributed by atoms with Gasteiger partial charge in [0.1, 0.15) is 5.82 Å². The van der Waals surface area contributed by atoms with Crippen molar-refractivity contribution in [1.82, 2.24) is 24.6 Å². The maximum Gasteiger partial charge on any atom is 0.193 e. The van der Waals surface area contributed by atoms with Gasteiger partial charge in [-0.3, -0.25) is 9.47 Å². The number of hydrogen-bond acceptors (Lipinski definition) is 5. The summed E-state index contributed by atoms with van der Waals surface area (Å²) in [6.07, 6.45) is 0. The molecule has 1 aromatic carbocycles. The number of aromatic nitrogens is 3. The molecule has 0 amide bonds. The molecule has 0 N–H and O–H groups in total. The van der Waals surface area contributed by atoms with Gasteiger partial charge in [-0.2, -0.15) is 0 Å². The molecule has 0 atom stereocenters. The average Bonchev–Trinajstić information content (AvgIpc) is 2.99. The number of hydrogen-bond donors (Lipinski definition) is 0. The molecule has 0 bridgehead atoms. The highest BCUT2D eigenvalue weighted by Gasteiger charge is 2.22. The third-order valence-electron chi connectivity index (χ3n) is 4.14. The molecule has 1 aliphatic heterocycles. The lowest BCUT2D eigenvalue weighted by Crippen LogP contribution is -2.37. The lowest BCUT2D eigenvalue weighted by Gasteiger charge is -2.29. The van der Waals surface area contributed by atoms with E-state index in [1.54, 1.807) is 17.8 Å². The van der Waals surface area contributed by atoms with Crippen molar-refractivity contribution >= 4 is 11.8 Å². The zero-order valence-corrected chi connectivity index (χ0v) is 14.4. The zero-order valence-electron chi connectivity index (χ0n) is 13.6. The van der Waals surface area contributed by atoms with Crippen LogP contribution in [-0.4, -0.2) is 56.6 Å². The first kappa shape index (κ1) is 16.4. The quantitative estimate of drug-likeness (QED) is 0.811. The van der Waals surface area contributed by atoms with Crippen LogP contribution in [0, 0.1) is 5.82 Å². The lowest BCUT2D eigenvalue weighted by molar-refractivity contribution is 0.195. The van der Waals surface area contributed by atoms with Crippen LogP contribution in [0.2, 0.25) is 0 Å². The van der Waals surface area contributed by atoms with Gasteiger partial charge in [-0.25, -0.2) is 4.39 Å². The second kappa shape index (κ2) is 7.42. The van der Waals surface area contributed by atoms with Crippen molar-refractivity contribution in [3.63, 3.8) is 0 Å². The molecule has 0 radical (unpaired) electrons. The second-order valence-electron chi connectivity index (χ2n) is 5.58. The summed E-state index contributed by atoms with van der Waals surface area (Å²) in [5, 5.41) is 9.41. The Morgan fingerprint density at radius 3 is 2.83 bits per heavy atom. The summed E-state index contributed by atoms with van der Waals surface area (Å²) >= 11 is 1.69. The SMILES string of the molecule is CCN(CC)CCN1CSc2nnc(-c3cccc(F)c3)n2C1. The Hall–Kier alpha value is -1.44. The first-order valence-corrected chi connectivity index (χ1v) is 8.96. The third kappa shape index (κ3) is 3.73. The van der Waals surface area contributed by atoms with Gasteiger partial charge in [0.2, 0.25) is 0 Å². The minimum Gasteiger partial charge on any atom is -0.303 e. The van der Waals surface area contributed by atoms with Crippen LogP contribution in [0.4, 0.5) is 4.39 Å². The predicted molar refractivity (Wildman–Crippen MR) is 90.6 cm³/mol. The van der Waals surface area contributed by atoms with Gasteiger partial charge in [0.15, 0.2) is 11.0 Å². The minimum atomic E-state index is -0.248. The van der Waals surface area contributed by atoms with Crippen LogP contribution in [-0.2, 0) is 6.67 Å². The molecule has 0 saturated heterocycles. The summed E-state index contributed by atoms with van der Waals surface area (Å²) < 4.78 is 15.6. The van der Waals surface area contributed by atoms with Gasteiger partial charge in [-0.15, -0.1) is 10.2 Å². The highest BCUT2D eigenvalue weighted by Crippen LogP contribution is 2.28. The summed E-state index contributed by atoms with van der Waals surface area (Å²) in [7, 11) is 0. The number of fused-ring (bicyclic) bond motifs is 1. The van der Waals surface area contributed by atoms with E-state index in [1.165, 1.54) is 12.1 Å². The highest BCUT2D eigenvalue weighted by molar-refractivity contribution is 7.99. The summed E-state index contributed by atoms with van der Waals surface area (Å²) in [5.41, 5.74) is 0.773. The van der Waals surface area contributed by atoms with Gasteiger partial charge in [0, 0.05) is 18.7 Å². The molecule has 0 unspecified atom stereocenters. The van der Waals surface area contributed by atoms with E-state index >= 15 is 0 Å². The normalized spacial score (nSPS) is 15.1. The molecular weight excluding hydrogens is 313 g/mol. The van der Waals surface area contributed by atoms with E-state index in [2.05, 4.69) is 38.4 Å². The molecule has 2 aromatic rings. The van der Waals surface area contributed by atoms with Crippen molar-refractivity contribution in [2.75, 3.05) is 32.1 Å². The summed E-state index contributed by atoms with van der Waals surface area (Å²) in [6, 6.07) is 6.54. The van der Waals surface area contributed by atoms with E-state index in [4.69, 9.17) is 0 Å². The maximum atomic E-state index is 13.5. The van der Waals surface area contributed by atoms with Gasteiger partial charge < -0.3 is 4.90 Å². The molecule has 0 saturated carbocycles. The van der Waals surface area contributed by atoms with Crippen molar-refractivity contribution in [3.8, 4) is 11.4 Å². The van der Waals surface area contributed by atoms with E-state index in [0.717, 1.165) is 55.3 Å². The van der Waals surface area contributed by atoms with Crippen LogP contribution < -0.4 is 0 Å². The lowest BCUT2D eigenvalue weighted by atomic mass is 10.2. The third-order valence-corrected chi connectivity index (χ3v) is 5.20. The van der Waals surface area contributed by atoms with Gasteiger partial charge in [0.05, 0.1) is 12.5 Å². The summed E-state index contributed by atoms with van der Waals surface area (Å²) in [5.74, 6) is 1.41. The topological polar surface area (TPSA) is 37.2 Å². The first-order chi connectivity index (χ1) is 11.2. The Balaban J connectivity index is 1.74. The van der Waals surface area contributed by atoms with Crippen LogP contribution in [0.25, 0.3) is 11.4 Å². The molecule has 0 spiro atoms. The van der Waals surface area contributed by atoms with E-state index in [9.17, 15) is 4.39 Å². The molecule has 2 heterocycles. The number of halogens is 1. The van der Waals surface area contributed by atoms with E-state index in [-0.39, 0.29) is 5.82 Å². The molecular formula is C16H22FN5S. The van der Waals surface area contributed by atoms with Crippen LogP contribution >= 0.6 is 11.8 Å². The van der Waals surface area contributed by atoms with E-state index < -0.39 is 0 Å². The van der Waals surface area contributed by atoms with E-state index in [0.29, 0.717) is 0 Å². The molecule has 3 rings (SSSR count). The Morgan fingerprint density at radius 1 is 1.26 bits per heavy atom. The summed E-state index contributed by atoms with van der Waals surface area (Å²) in [4.78, 5) is 4.79. The average molecular weight is 335 g/mol. The molecule has 7 heteroatoms. The second-order valence-corrected chi connectivity index (χ2v) is 6.49. The van der Waals surface area contributed by atoms with Crippen LogP contribution in [0.1, 0.15) is 13.8 Å². The largest absolute Gasteiger partial charge is 0.303 e. The Bertz CT molecular complexity index is 656. The number of nitrogens with zero attached hydrogens (tertiary/aromatic N) is 5. The number of benzene rings is 1. The minimum absolute atomic E-state index is 0.248. The smallest absolute Gasteiger partial charge is 0.193 e. The Labute approximate surface area is 140 Å². The van der Waals surface area contributed by atoms with Crippen LogP contribution in [0.5, 0.6) is 0 Å². The Morgan fingerprint density at radius 2 is 2.09 bits per heavy atom. The van der Waals surface area contributed by atoms with Gasteiger partial charge >= 0.3 is 0 Å². The zero-order chi connectivity index (χ0) is 16.2. The molecule has 0 fully saturated rings. The molecule has 124 valence electrons. The number of likely N-dealkylation sites (N-methyl/N-ethyl adjacent to an activating group) is 1. The van der Waals surface area contributed by atoms with Crippen molar-refractivity contribution in [1.29, 1.82) is 0 Å². The molecule has 5 nitrogen and oxygen atoms in total. The van der Waals surface area contributed by atoms with Gasteiger partial charge in [-0.05, 0) is 25.2 Å². The molecule has 0 aliphatic carbocycles. The molecule has 1 aliphatic rings. The Kier molecular flexibility index (Phi) is 5.30. The highest BCUT2D eigenvalue weighted by atomic mass is 32.2. The fourth-order valence-electron chi connectivity index (χ4n) is 2.71. The number of thioether (sulfide) groups is 1. The van der Waals surface area contributed by atoms with Gasteiger partial charge in [0.25, 0.3) is 0 Å². The monoisotopic (exact) mass is 335 g/mol. The first-order valence-electron chi connectivity index (χ1n) is 7.98. The fourth-order valence-corrected chi connectivity index (χ4v) is 3.62. The van der Waals surface area contributed by atoms with Crippen LogP contribution in [0.15, 0.2) is 29.4 Å². The van der Waals surface area contributed by atoms with Crippen molar-refractivity contribution in [3.05, 3.63) is 30.1 Å².